The average molecular weight is 472 g/mol. The van der Waals surface area contributed by atoms with Crippen LogP contribution in [0.2, 0.25) is 0 Å². The Morgan fingerprint density at radius 1 is 1.00 bits per heavy atom. The molecule has 0 aliphatic rings. The van der Waals surface area contributed by atoms with Gasteiger partial charge in [0.15, 0.2) is 0 Å². The molecule has 0 fully saturated rings. The van der Waals surface area contributed by atoms with Crippen LogP contribution in [0.15, 0.2) is 83.7 Å². The van der Waals surface area contributed by atoms with Crippen molar-refractivity contribution < 1.29 is 14.3 Å². The minimum absolute atomic E-state index is 0.151. The van der Waals surface area contributed by atoms with E-state index < -0.39 is 0 Å². The molecule has 7 heteroatoms. The summed E-state index contributed by atoms with van der Waals surface area (Å²) in [6.07, 6.45) is 0.653. The van der Waals surface area contributed by atoms with Gasteiger partial charge in [-0.25, -0.2) is 4.79 Å². The van der Waals surface area contributed by atoms with Gasteiger partial charge in [-0.1, -0.05) is 42.5 Å². The van der Waals surface area contributed by atoms with Crippen molar-refractivity contribution >= 4 is 22.6 Å². The molecule has 7 nitrogen and oxygen atoms in total. The standard InChI is InChI=1S/C28H29N3O4/c1-3-35-23-13-14-24-21(18-23)17-22(27(32)29-24)19-31(16-15-20-9-5-4-6-10-20)28(33)30-25-11-7-8-12-26(25)34-2/h4-14,17-18H,3,15-16,19H2,1-2H3,(H,29,32)(H,30,33). The van der Waals surface area contributed by atoms with Crippen LogP contribution in [-0.2, 0) is 13.0 Å². The minimum Gasteiger partial charge on any atom is -0.495 e. The van der Waals surface area contributed by atoms with Crippen LogP contribution in [0.3, 0.4) is 0 Å². The van der Waals surface area contributed by atoms with Gasteiger partial charge < -0.3 is 24.7 Å². The minimum atomic E-state index is -0.312. The van der Waals surface area contributed by atoms with Crippen molar-refractivity contribution in [1.29, 1.82) is 0 Å². The Labute approximate surface area is 204 Å². The fourth-order valence-corrected chi connectivity index (χ4v) is 3.91. The second-order valence-corrected chi connectivity index (χ2v) is 8.09. The number of nitrogens with one attached hydrogen (secondary N) is 2. The highest BCUT2D eigenvalue weighted by Gasteiger charge is 2.18. The summed E-state index contributed by atoms with van der Waals surface area (Å²) in [6, 6.07) is 24.2. The van der Waals surface area contributed by atoms with Gasteiger partial charge in [-0.3, -0.25) is 4.79 Å². The summed E-state index contributed by atoms with van der Waals surface area (Å²) in [5.41, 5.74) is 2.66. The number of fused-ring (bicyclic) bond motifs is 1. The van der Waals surface area contributed by atoms with E-state index in [1.807, 2.05) is 73.7 Å². The maximum absolute atomic E-state index is 13.3. The van der Waals surface area contributed by atoms with Crippen molar-refractivity contribution in [2.75, 3.05) is 25.6 Å². The monoisotopic (exact) mass is 471 g/mol. The van der Waals surface area contributed by atoms with Gasteiger partial charge in [0.1, 0.15) is 11.5 Å². The summed E-state index contributed by atoms with van der Waals surface area (Å²) in [7, 11) is 1.56. The Morgan fingerprint density at radius 3 is 2.54 bits per heavy atom. The predicted octanol–water partition coefficient (Wildman–Crippen LogP) is 5.21. The van der Waals surface area contributed by atoms with E-state index in [1.54, 1.807) is 24.1 Å². The van der Waals surface area contributed by atoms with Gasteiger partial charge in [0.2, 0.25) is 0 Å². The molecule has 1 heterocycles. The molecule has 4 aromatic rings. The van der Waals surface area contributed by atoms with E-state index in [0.717, 1.165) is 22.2 Å². The Morgan fingerprint density at radius 2 is 1.77 bits per heavy atom. The first-order valence-electron chi connectivity index (χ1n) is 11.6. The highest BCUT2D eigenvalue weighted by molar-refractivity contribution is 5.91. The molecule has 4 rings (SSSR count). The van der Waals surface area contributed by atoms with Crippen LogP contribution in [0.4, 0.5) is 10.5 Å². The fourth-order valence-electron chi connectivity index (χ4n) is 3.91. The molecule has 0 spiro atoms. The number of benzene rings is 3. The number of aromatic amines is 1. The van der Waals surface area contributed by atoms with E-state index in [1.165, 1.54) is 0 Å². The Balaban J connectivity index is 1.62. The van der Waals surface area contributed by atoms with E-state index in [4.69, 9.17) is 9.47 Å². The molecule has 0 atom stereocenters. The van der Waals surface area contributed by atoms with Gasteiger partial charge in [0.25, 0.3) is 5.56 Å². The van der Waals surface area contributed by atoms with E-state index in [0.29, 0.717) is 36.6 Å². The molecule has 1 aromatic heterocycles. The number of carbonyl (C=O) groups is 1. The highest BCUT2D eigenvalue weighted by Crippen LogP contribution is 2.24. The molecule has 0 radical (unpaired) electrons. The average Bonchev–Trinajstić information content (AvgIpc) is 2.88. The molecule has 0 saturated heterocycles. The Hall–Kier alpha value is -4.26. The van der Waals surface area contributed by atoms with Gasteiger partial charge >= 0.3 is 6.03 Å². The van der Waals surface area contributed by atoms with Crippen LogP contribution in [0.25, 0.3) is 10.9 Å². The third-order valence-electron chi connectivity index (χ3n) is 5.71. The summed E-state index contributed by atoms with van der Waals surface area (Å²) in [5, 5.41) is 3.78. The van der Waals surface area contributed by atoms with Gasteiger partial charge in [-0.05, 0) is 55.3 Å². The molecular formula is C28H29N3O4. The predicted molar refractivity (Wildman–Crippen MR) is 138 cm³/mol. The second kappa shape index (κ2) is 11.2. The van der Waals surface area contributed by atoms with Gasteiger partial charge in [-0.15, -0.1) is 0 Å². The number of ether oxygens (including phenoxy) is 2. The number of H-pyrrole nitrogens is 1. The Kier molecular flexibility index (Phi) is 7.67. The second-order valence-electron chi connectivity index (χ2n) is 8.09. The third kappa shape index (κ3) is 6.00. The van der Waals surface area contributed by atoms with Crippen LogP contribution >= 0.6 is 0 Å². The zero-order chi connectivity index (χ0) is 24.6. The molecular weight excluding hydrogens is 442 g/mol. The van der Waals surface area contributed by atoms with E-state index >= 15 is 0 Å². The molecule has 0 aliphatic heterocycles. The number of para-hydroxylation sites is 2. The molecule has 35 heavy (non-hydrogen) atoms. The summed E-state index contributed by atoms with van der Waals surface area (Å²) in [6.45, 7) is 3.06. The van der Waals surface area contributed by atoms with E-state index in [-0.39, 0.29) is 18.1 Å². The Bertz CT molecular complexity index is 1350. The lowest BCUT2D eigenvalue weighted by Crippen LogP contribution is -2.37. The summed E-state index contributed by atoms with van der Waals surface area (Å²) in [4.78, 5) is 30.8. The quantitative estimate of drug-likeness (QED) is 0.351. The molecule has 180 valence electrons. The summed E-state index contributed by atoms with van der Waals surface area (Å²) in [5.74, 6) is 1.30. The number of carbonyl (C=O) groups excluding carboxylic acids is 1. The fraction of sp³-hybridized carbons (Fsp3) is 0.214. The molecule has 0 bridgehead atoms. The van der Waals surface area contributed by atoms with Crippen LogP contribution in [-0.4, -0.2) is 36.2 Å². The number of aromatic nitrogens is 1. The van der Waals surface area contributed by atoms with Gasteiger partial charge in [-0.2, -0.15) is 0 Å². The number of hydrogen-bond acceptors (Lipinski definition) is 4. The maximum atomic E-state index is 13.3. The van der Waals surface area contributed by atoms with Crippen LogP contribution in [0, 0.1) is 0 Å². The largest absolute Gasteiger partial charge is 0.495 e. The molecule has 0 unspecified atom stereocenters. The number of nitrogens with zero attached hydrogens (tertiary/aromatic N) is 1. The number of amides is 2. The summed E-state index contributed by atoms with van der Waals surface area (Å²) >= 11 is 0. The number of hydrogen-bond donors (Lipinski definition) is 2. The zero-order valence-corrected chi connectivity index (χ0v) is 19.9. The molecule has 0 aliphatic carbocycles. The van der Waals surface area contributed by atoms with Crippen molar-refractivity contribution in [3.05, 3.63) is 100 Å². The topological polar surface area (TPSA) is 83.7 Å². The smallest absolute Gasteiger partial charge is 0.322 e. The lowest BCUT2D eigenvalue weighted by Gasteiger charge is -2.24. The SMILES string of the molecule is CCOc1ccc2[nH]c(=O)c(CN(CCc3ccccc3)C(=O)Nc3ccccc3OC)cc2c1. The maximum Gasteiger partial charge on any atom is 0.322 e. The third-order valence-corrected chi connectivity index (χ3v) is 5.71. The normalized spacial score (nSPS) is 10.7. The number of pyridine rings is 1. The lowest BCUT2D eigenvalue weighted by molar-refractivity contribution is 0.209. The highest BCUT2D eigenvalue weighted by atomic mass is 16.5. The van der Waals surface area contributed by atoms with Crippen molar-refractivity contribution in [3.63, 3.8) is 0 Å². The zero-order valence-electron chi connectivity index (χ0n) is 19.9. The van der Waals surface area contributed by atoms with E-state index in [9.17, 15) is 9.59 Å². The van der Waals surface area contributed by atoms with Gasteiger partial charge in [0, 0.05) is 23.0 Å². The first-order chi connectivity index (χ1) is 17.1. The van der Waals surface area contributed by atoms with Crippen molar-refractivity contribution in [1.82, 2.24) is 9.88 Å². The molecule has 0 saturated carbocycles. The van der Waals surface area contributed by atoms with Crippen LogP contribution < -0.4 is 20.3 Å². The lowest BCUT2D eigenvalue weighted by atomic mass is 10.1. The number of rotatable bonds is 9. The van der Waals surface area contributed by atoms with E-state index in [2.05, 4.69) is 10.3 Å². The van der Waals surface area contributed by atoms with Gasteiger partial charge in [0.05, 0.1) is 25.9 Å². The van der Waals surface area contributed by atoms with Crippen LogP contribution in [0.1, 0.15) is 18.1 Å². The first kappa shape index (κ1) is 23.9. The summed E-state index contributed by atoms with van der Waals surface area (Å²) < 4.78 is 11.0. The number of methoxy groups -OCH3 is 1. The molecule has 2 amide bonds. The van der Waals surface area contributed by atoms with Crippen molar-refractivity contribution in [2.45, 2.75) is 19.9 Å². The molecule has 2 N–H and O–H groups in total. The first-order valence-corrected chi connectivity index (χ1v) is 11.6. The molecule has 3 aromatic carbocycles. The van der Waals surface area contributed by atoms with Crippen LogP contribution in [0.5, 0.6) is 11.5 Å². The number of anilines is 1. The number of urea groups is 1. The van der Waals surface area contributed by atoms with Crippen molar-refractivity contribution in [3.8, 4) is 11.5 Å². The van der Waals surface area contributed by atoms with Crippen molar-refractivity contribution in [2.24, 2.45) is 0 Å².